The van der Waals surface area contributed by atoms with Crippen molar-refractivity contribution in [3.8, 4) is 0 Å². The molecule has 0 saturated heterocycles. The predicted octanol–water partition coefficient (Wildman–Crippen LogP) is 3.00. The number of anilines is 2. The number of aryl methyl sites for hydroxylation is 2. The number of hydrogen-bond donors (Lipinski definition) is 2. The fourth-order valence-corrected chi connectivity index (χ4v) is 1.83. The molecule has 1 atom stereocenters. The summed E-state index contributed by atoms with van der Waals surface area (Å²) in [4.78, 5) is 4.30. The monoisotopic (exact) mass is 245 g/mol. The Morgan fingerprint density at radius 1 is 1.50 bits per heavy atom. The molecule has 96 valence electrons. The van der Waals surface area contributed by atoms with Gasteiger partial charge >= 0.3 is 0 Å². The van der Waals surface area contributed by atoms with Crippen LogP contribution in [0.2, 0.25) is 0 Å². The molecule has 4 nitrogen and oxygen atoms in total. The van der Waals surface area contributed by atoms with Crippen molar-refractivity contribution in [3.05, 3.63) is 42.0 Å². The molecule has 0 aliphatic carbocycles. The highest BCUT2D eigenvalue weighted by Gasteiger charge is 2.07. The third-order valence-corrected chi connectivity index (χ3v) is 2.84. The lowest BCUT2D eigenvalue weighted by molar-refractivity contribution is 0.495. The van der Waals surface area contributed by atoms with Crippen LogP contribution in [0.3, 0.4) is 0 Å². The van der Waals surface area contributed by atoms with E-state index < -0.39 is 0 Å². The molecule has 0 bridgehead atoms. The Hall–Kier alpha value is -1.97. The first-order chi connectivity index (χ1) is 8.65. The van der Waals surface area contributed by atoms with Gasteiger partial charge in [0.05, 0.1) is 12.0 Å². The van der Waals surface area contributed by atoms with Gasteiger partial charge in [-0.3, -0.25) is 0 Å². The number of rotatable bonds is 5. The van der Waals surface area contributed by atoms with E-state index in [0.717, 1.165) is 30.0 Å². The summed E-state index contributed by atoms with van der Waals surface area (Å²) in [7, 11) is 0. The number of furan rings is 1. The highest BCUT2D eigenvalue weighted by Crippen LogP contribution is 2.18. The lowest BCUT2D eigenvalue weighted by Gasteiger charge is -2.15. The molecular formula is C14H19N3O. The lowest BCUT2D eigenvalue weighted by Crippen LogP contribution is -2.18. The Kier molecular flexibility index (Phi) is 3.87. The normalized spacial score (nSPS) is 12.3. The Morgan fingerprint density at radius 3 is 3.00 bits per heavy atom. The highest BCUT2D eigenvalue weighted by atomic mass is 16.3. The molecule has 0 saturated carbocycles. The van der Waals surface area contributed by atoms with Crippen molar-refractivity contribution >= 4 is 11.5 Å². The quantitative estimate of drug-likeness (QED) is 0.850. The average Bonchev–Trinajstić information content (AvgIpc) is 2.83. The van der Waals surface area contributed by atoms with Crippen LogP contribution in [0.4, 0.5) is 11.5 Å². The molecule has 2 heterocycles. The third-order valence-electron chi connectivity index (χ3n) is 2.84. The van der Waals surface area contributed by atoms with E-state index in [2.05, 4.69) is 17.2 Å². The highest BCUT2D eigenvalue weighted by molar-refractivity contribution is 5.61. The van der Waals surface area contributed by atoms with Crippen LogP contribution in [0.25, 0.3) is 0 Å². The first-order valence-corrected chi connectivity index (χ1v) is 6.16. The minimum atomic E-state index is 0.299. The topological polar surface area (TPSA) is 64.1 Å². The molecule has 0 fully saturated rings. The minimum Gasteiger partial charge on any atom is -0.469 e. The van der Waals surface area contributed by atoms with Crippen molar-refractivity contribution in [3.63, 3.8) is 0 Å². The van der Waals surface area contributed by atoms with E-state index in [4.69, 9.17) is 10.2 Å². The van der Waals surface area contributed by atoms with Crippen molar-refractivity contribution in [1.82, 2.24) is 4.98 Å². The van der Waals surface area contributed by atoms with Gasteiger partial charge in [-0.1, -0.05) is 0 Å². The van der Waals surface area contributed by atoms with Gasteiger partial charge in [-0.25, -0.2) is 4.98 Å². The van der Waals surface area contributed by atoms with Crippen molar-refractivity contribution in [2.75, 3.05) is 11.1 Å². The Morgan fingerprint density at radius 2 is 2.33 bits per heavy atom. The number of pyridine rings is 1. The molecule has 1 unspecified atom stereocenters. The summed E-state index contributed by atoms with van der Waals surface area (Å²) >= 11 is 0. The zero-order chi connectivity index (χ0) is 13.0. The molecule has 0 aliphatic rings. The van der Waals surface area contributed by atoms with E-state index in [1.165, 1.54) is 0 Å². The van der Waals surface area contributed by atoms with Crippen LogP contribution in [0.1, 0.15) is 24.7 Å². The summed E-state index contributed by atoms with van der Waals surface area (Å²) in [5.41, 5.74) is 7.68. The second-order valence-electron chi connectivity index (χ2n) is 4.61. The smallest absolute Gasteiger partial charge is 0.149 e. The molecule has 0 radical (unpaired) electrons. The Bertz CT molecular complexity index is 494. The molecule has 0 aromatic carbocycles. The number of aromatic nitrogens is 1. The maximum Gasteiger partial charge on any atom is 0.149 e. The van der Waals surface area contributed by atoms with Crippen LogP contribution < -0.4 is 11.1 Å². The maximum absolute atomic E-state index is 5.92. The summed E-state index contributed by atoms with van der Waals surface area (Å²) in [6.45, 7) is 4.09. The van der Waals surface area contributed by atoms with E-state index in [1.54, 1.807) is 6.26 Å². The Balaban J connectivity index is 1.88. The van der Waals surface area contributed by atoms with Gasteiger partial charge in [-0.2, -0.15) is 0 Å². The summed E-state index contributed by atoms with van der Waals surface area (Å²) in [5.74, 6) is 1.76. The van der Waals surface area contributed by atoms with Gasteiger partial charge in [0.1, 0.15) is 11.6 Å². The van der Waals surface area contributed by atoms with Gasteiger partial charge in [0, 0.05) is 18.7 Å². The molecule has 2 aromatic rings. The molecule has 2 rings (SSSR count). The minimum absolute atomic E-state index is 0.299. The average molecular weight is 245 g/mol. The van der Waals surface area contributed by atoms with Gasteiger partial charge < -0.3 is 15.5 Å². The number of nitrogens with two attached hydrogens (primary N) is 1. The maximum atomic E-state index is 5.92. The fourth-order valence-electron chi connectivity index (χ4n) is 1.83. The zero-order valence-electron chi connectivity index (χ0n) is 10.8. The van der Waals surface area contributed by atoms with E-state index in [9.17, 15) is 0 Å². The number of nitrogens with one attached hydrogen (secondary N) is 1. The third kappa shape index (κ3) is 3.26. The fraction of sp³-hybridized carbons (Fsp3) is 0.357. The Labute approximate surface area is 107 Å². The van der Waals surface area contributed by atoms with E-state index in [1.807, 2.05) is 31.3 Å². The van der Waals surface area contributed by atoms with E-state index in [-0.39, 0.29) is 0 Å². The zero-order valence-corrected chi connectivity index (χ0v) is 10.8. The van der Waals surface area contributed by atoms with Gasteiger partial charge in [0.15, 0.2) is 0 Å². The van der Waals surface area contributed by atoms with Crippen LogP contribution in [0, 0.1) is 6.92 Å². The molecule has 0 aliphatic heterocycles. The summed E-state index contributed by atoms with van der Waals surface area (Å²) < 4.78 is 5.31. The molecule has 3 N–H and O–H groups in total. The number of nitrogen functional groups attached to an aromatic ring is 1. The molecule has 0 spiro atoms. The first kappa shape index (κ1) is 12.5. The van der Waals surface area contributed by atoms with Gasteiger partial charge in [-0.05, 0) is 44.0 Å². The number of nitrogens with zero attached hydrogens (tertiary/aromatic N) is 1. The van der Waals surface area contributed by atoms with Crippen molar-refractivity contribution in [1.29, 1.82) is 0 Å². The van der Waals surface area contributed by atoms with Gasteiger partial charge in [-0.15, -0.1) is 0 Å². The summed E-state index contributed by atoms with van der Waals surface area (Å²) in [6.07, 6.45) is 5.40. The van der Waals surface area contributed by atoms with Crippen molar-refractivity contribution < 1.29 is 4.42 Å². The van der Waals surface area contributed by atoms with Crippen LogP contribution in [0.15, 0.2) is 35.1 Å². The van der Waals surface area contributed by atoms with Gasteiger partial charge in [0.25, 0.3) is 0 Å². The summed E-state index contributed by atoms with van der Waals surface area (Å²) in [6, 6.07) is 6.12. The molecule has 0 amide bonds. The van der Waals surface area contributed by atoms with Crippen LogP contribution in [-0.4, -0.2) is 11.0 Å². The van der Waals surface area contributed by atoms with Crippen LogP contribution in [0.5, 0.6) is 0 Å². The van der Waals surface area contributed by atoms with Crippen molar-refractivity contribution in [2.24, 2.45) is 0 Å². The summed E-state index contributed by atoms with van der Waals surface area (Å²) in [5, 5.41) is 3.32. The largest absolute Gasteiger partial charge is 0.469 e. The standard InChI is InChI=1S/C14H19N3O/c1-10-8-13(15)14(16-9-10)17-11(2)5-6-12-4-3-7-18-12/h3-4,7-9,11H,5-6,15H2,1-2H3,(H,16,17). The lowest BCUT2D eigenvalue weighted by atomic mass is 10.1. The molecule has 18 heavy (non-hydrogen) atoms. The second kappa shape index (κ2) is 5.58. The van der Waals surface area contributed by atoms with E-state index >= 15 is 0 Å². The van der Waals surface area contributed by atoms with Crippen LogP contribution in [-0.2, 0) is 6.42 Å². The first-order valence-electron chi connectivity index (χ1n) is 6.16. The molecule has 4 heteroatoms. The molecule has 2 aromatic heterocycles. The van der Waals surface area contributed by atoms with E-state index in [0.29, 0.717) is 11.7 Å². The van der Waals surface area contributed by atoms with Crippen molar-refractivity contribution in [2.45, 2.75) is 32.7 Å². The predicted molar refractivity (Wildman–Crippen MR) is 73.5 cm³/mol. The number of hydrogen-bond acceptors (Lipinski definition) is 4. The SMILES string of the molecule is Cc1cnc(NC(C)CCc2ccco2)c(N)c1. The second-order valence-corrected chi connectivity index (χ2v) is 4.61. The van der Waals surface area contributed by atoms with Crippen LogP contribution >= 0.6 is 0 Å². The molecular weight excluding hydrogens is 226 g/mol. The van der Waals surface area contributed by atoms with Gasteiger partial charge in [0.2, 0.25) is 0 Å².